The fourth-order valence-corrected chi connectivity index (χ4v) is 8.72. The number of rotatable bonds is 8. The van der Waals surface area contributed by atoms with E-state index in [9.17, 15) is 4.79 Å². The summed E-state index contributed by atoms with van der Waals surface area (Å²) in [6.45, 7) is 15.1. The molecule has 0 aromatic rings. The van der Waals surface area contributed by atoms with Gasteiger partial charge < -0.3 is 9.16 Å². The standard InChI is InChI=1S/C15H30O3SSi/c1-11(2)20(12(3)4,13(5)6)18-15(10-19-8)9-17-14(7)16/h10-13H,9H2,1-8H3/b15-10+. The number of hydrogen-bond donors (Lipinski definition) is 0. The van der Waals surface area contributed by atoms with Crippen LogP contribution in [0.2, 0.25) is 16.6 Å². The molecule has 0 unspecified atom stereocenters. The molecule has 0 aliphatic rings. The van der Waals surface area contributed by atoms with Crippen LogP contribution in [-0.4, -0.2) is 27.1 Å². The molecule has 118 valence electrons. The molecule has 0 heterocycles. The zero-order chi connectivity index (χ0) is 15.9. The average molecular weight is 319 g/mol. The molecule has 0 bridgehead atoms. The molecule has 0 aromatic carbocycles. The third-order valence-corrected chi connectivity index (χ3v) is 10.2. The second kappa shape index (κ2) is 8.77. The molecular formula is C15H30O3SSi. The summed E-state index contributed by atoms with van der Waals surface area (Å²) in [5.74, 6) is 0.516. The highest BCUT2D eigenvalue weighted by Crippen LogP contribution is 2.43. The zero-order valence-electron chi connectivity index (χ0n) is 14.1. The lowest BCUT2D eigenvalue weighted by Gasteiger charge is -2.42. The third-order valence-electron chi connectivity index (χ3n) is 3.68. The number of esters is 1. The summed E-state index contributed by atoms with van der Waals surface area (Å²) in [4.78, 5) is 11.0. The molecule has 0 fully saturated rings. The molecule has 0 aromatic heterocycles. The zero-order valence-corrected chi connectivity index (χ0v) is 16.0. The minimum atomic E-state index is -1.97. The molecule has 0 amide bonds. The summed E-state index contributed by atoms with van der Waals surface area (Å²) in [6, 6.07) is 0. The Morgan fingerprint density at radius 1 is 1.10 bits per heavy atom. The smallest absolute Gasteiger partial charge is 0.303 e. The van der Waals surface area contributed by atoms with Gasteiger partial charge in [-0.2, -0.15) is 0 Å². The van der Waals surface area contributed by atoms with Crippen LogP contribution >= 0.6 is 11.8 Å². The van der Waals surface area contributed by atoms with E-state index >= 15 is 0 Å². The summed E-state index contributed by atoms with van der Waals surface area (Å²) in [5, 5.41) is 1.96. The second-order valence-corrected chi connectivity index (χ2v) is 12.1. The van der Waals surface area contributed by atoms with Crippen LogP contribution < -0.4 is 0 Å². The molecule has 0 aliphatic carbocycles. The van der Waals surface area contributed by atoms with Crippen molar-refractivity contribution in [1.82, 2.24) is 0 Å². The normalized spacial score (nSPS) is 13.2. The average Bonchev–Trinajstić information content (AvgIpc) is 2.30. The Morgan fingerprint density at radius 3 is 1.85 bits per heavy atom. The van der Waals surface area contributed by atoms with Gasteiger partial charge in [0.15, 0.2) is 0 Å². The van der Waals surface area contributed by atoms with Crippen LogP contribution in [-0.2, 0) is 14.0 Å². The molecule has 0 saturated heterocycles. The first kappa shape index (κ1) is 19.6. The number of carbonyl (C=O) groups is 1. The molecular weight excluding hydrogens is 288 g/mol. The largest absolute Gasteiger partial charge is 0.543 e. The number of thioether (sulfide) groups is 1. The molecule has 0 aliphatic heterocycles. The van der Waals surface area contributed by atoms with Crippen LogP contribution in [0.4, 0.5) is 0 Å². The lowest BCUT2D eigenvalue weighted by molar-refractivity contribution is -0.140. The highest BCUT2D eigenvalue weighted by atomic mass is 32.2. The van der Waals surface area contributed by atoms with Crippen molar-refractivity contribution >= 4 is 26.0 Å². The van der Waals surface area contributed by atoms with Gasteiger partial charge in [-0.1, -0.05) is 41.5 Å². The van der Waals surface area contributed by atoms with Crippen LogP contribution in [0.3, 0.4) is 0 Å². The molecule has 0 rings (SSSR count). The molecule has 5 heteroatoms. The lowest BCUT2D eigenvalue weighted by Crippen LogP contribution is -2.47. The maximum absolute atomic E-state index is 11.0. The van der Waals surface area contributed by atoms with E-state index in [2.05, 4.69) is 41.5 Å². The Labute approximate surface area is 129 Å². The van der Waals surface area contributed by atoms with Gasteiger partial charge in [-0.25, -0.2) is 0 Å². The maximum Gasteiger partial charge on any atom is 0.303 e. The SMILES string of the molecule is CS/C=C(\COC(C)=O)O[Si](C(C)C)(C(C)C)C(C)C. The first-order valence-corrected chi connectivity index (χ1v) is 10.6. The molecule has 20 heavy (non-hydrogen) atoms. The summed E-state index contributed by atoms with van der Waals surface area (Å²) >= 11 is 1.58. The van der Waals surface area contributed by atoms with Crippen molar-refractivity contribution in [3.05, 3.63) is 11.2 Å². The fraction of sp³-hybridized carbons (Fsp3) is 0.800. The van der Waals surface area contributed by atoms with Crippen LogP contribution in [0.25, 0.3) is 0 Å². The highest BCUT2D eigenvalue weighted by Gasteiger charge is 2.47. The number of ether oxygens (including phenoxy) is 1. The van der Waals surface area contributed by atoms with Crippen molar-refractivity contribution < 1.29 is 14.0 Å². The minimum absolute atomic E-state index is 0.233. The third kappa shape index (κ3) is 5.17. The Balaban J connectivity index is 5.28. The first-order valence-electron chi connectivity index (χ1n) is 7.22. The van der Waals surface area contributed by atoms with Crippen LogP contribution in [0.1, 0.15) is 48.5 Å². The van der Waals surface area contributed by atoms with Crippen LogP contribution in [0, 0.1) is 0 Å². The topological polar surface area (TPSA) is 35.5 Å². The van der Waals surface area contributed by atoms with E-state index in [-0.39, 0.29) is 12.6 Å². The molecule has 0 spiro atoms. The molecule has 0 radical (unpaired) electrons. The van der Waals surface area contributed by atoms with Gasteiger partial charge in [0, 0.05) is 12.3 Å². The lowest BCUT2D eigenvalue weighted by atomic mass is 10.5. The molecule has 0 saturated carbocycles. The van der Waals surface area contributed by atoms with Crippen molar-refractivity contribution in [3.63, 3.8) is 0 Å². The maximum atomic E-state index is 11.0. The molecule has 3 nitrogen and oxygen atoms in total. The number of carbonyl (C=O) groups excluding carboxylic acids is 1. The molecule has 0 atom stereocenters. The molecule has 0 N–H and O–H groups in total. The van der Waals surface area contributed by atoms with Gasteiger partial charge in [0.25, 0.3) is 8.32 Å². The highest BCUT2D eigenvalue weighted by molar-refractivity contribution is 8.01. The van der Waals surface area contributed by atoms with E-state index in [1.807, 2.05) is 11.7 Å². The summed E-state index contributed by atoms with van der Waals surface area (Å²) in [5.41, 5.74) is 1.51. The monoisotopic (exact) mass is 318 g/mol. The van der Waals surface area contributed by atoms with Crippen molar-refractivity contribution in [2.75, 3.05) is 12.9 Å². The van der Waals surface area contributed by atoms with E-state index in [1.54, 1.807) is 11.8 Å². The quantitative estimate of drug-likeness (QED) is 0.360. The van der Waals surface area contributed by atoms with Crippen LogP contribution in [0.5, 0.6) is 0 Å². The van der Waals surface area contributed by atoms with E-state index in [0.717, 1.165) is 5.76 Å². The van der Waals surface area contributed by atoms with Crippen molar-refractivity contribution in [3.8, 4) is 0 Å². The van der Waals surface area contributed by atoms with Gasteiger partial charge in [0.2, 0.25) is 0 Å². The van der Waals surface area contributed by atoms with Gasteiger partial charge in [-0.15, -0.1) is 11.8 Å². The Bertz CT molecular complexity index is 316. The Hall–Kier alpha value is -0.423. The predicted octanol–water partition coefficient (Wildman–Crippen LogP) is 4.95. The predicted molar refractivity (Wildman–Crippen MR) is 90.4 cm³/mol. The summed E-state index contributed by atoms with van der Waals surface area (Å²) < 4.78 is 11.6. The van der Waals surface area contributed by atoms with Crippen molar-refractivity contribution in [2.24, 2.45) is 0 Å². The second-order valence-electron chi connectivity index (χ2n) is 6.02. The minimum Gasteiger partial charge on any atom is -0.543 e. The Morgan fingerprint density at radius 2 is 1.55 bits per heavy atom. The van der Waals surface area contributed by atoms with Gasteiger partial charge in [-0.05, 0) is 22.9 Å². The van der Waals surface area contributed by atoms with E-state index in [4.69, 9.17) is 9.16 Å². The summed E-state index contributed by atoms with van der Waals surface area (Å²) in [7, 11) is -1.97. The van der Waals surface area contributed by atoms with Crippen molar-refractivity contribution in [1.29, 1.82) is 0 Å². The van der Waals surface area contributed by atoms with Gasteiger partial charge in [0.05, 0.1) is 0 Å². The van der Waals surface area contributed by atoms with E-state index < -0.39 is 8.32 Å². The van der Waals surface area contributed by atoms with Gasteiger partial charge >= 0.3 is 5.97 Å². The van der Waals surface area contributed by atoms with E-state index in [0.29, 0.717) is 16.6 Å². The van der Waals surface area contributed by atoms with Crippen molar-refractivity contribution in [2.45, 2.75) is 65.1 Å². The van der Waals surface area contributed by atoms with Crippen LogP contribution in [0.15, 0.2) is 11.2 Å². The Kier molecular flexibility index (Phi) is 8.59. The number of hydrogen-bond acceptors (Lipinski definition) is 4. The van der Waals surface area contributed by atoms with Gasteiger partial charge in [-0.3, -0.25) is 4.79 Å². The first-order chi connectivity index (χ1) is 9.18. The van der Waals surface area contributed by atoms with Gasteiger partial charge in [0.1, 0.15) is 12.4 Å². The fourth-order valence-electron chi connectivity index (χ4n) is 2.97. The summed E-state index contributed by atoms with van der Waals surface area (Å²) in [6.07, 6.45) is 1.99. The van der Waals surface area contributed by atoms with E-state index in [1.165, 1.54) is 6.92 Å².